The number of rotatable bonds is 3. The van der Waals surface area contributed by atoms with Gasteiger partial charge in [-0.1, -0.05) is 0 Å². The fourth-order valence-electron chi connectivity index (χ4n) is 1.01. The normalized spacial score (nSPS) is 12.6. The molecule has 0 fully saturated rings. The highest BCUT2D eigenvalue weighted by atomic mass is 16.5. The minimum absolute atomic E-state index is 0.220. The average Bonchev–Trinajstić information content (AvgIpc) is 2.64. The van der Waals surface area contributed by atoms with Crippen molar-refractivity contribution in [1.82, 2.24) is 19.8 Å². The second-order valence-corrected chi connectivity index (χ2v) is 2.90. The van der Waals surface area contributed by atoms with E-state index < -0.39 is 12.1 Å². The molecule has 7 nitrogen and oxygen atoms in total. The van der Waals surface area contributed by atoms with E-state index in [1.54, 1.807) is 12.1 Å². The lowest BCUT2D eigenvalue weighted by atomic mass is 10.4. The second kappa shape index (κ2) is 3.52. The zero-order valence-corrected chi connectivity index (χ0v) is 7.86. The average molecular weight is 208 g/mol. The molecular formula is C8H8N4O3. The summed E-state index contributed by atoms with van der Waals surface area (Å²) in [6, 6.07) is 3.19. The molecule has 0 aliphatic heterocycles. The van der Waals surface area contributed by atoms with Gasteiger partial charge in [0.1, 0.15) is 6.33 Å². The molecule has 0 aliphatic rings. The molecular weight excluding hydrogens is 200 g/mol. The summed E-state index contributed by atoms with van der Waals surface area (Å²) in [7, 11) is 0. The van der Waals surface area contributed by atoms with E-state index in [0.717, 1.165) is 0 Å². The number of aromatic nitrogens is 4. The van der Waals surface area contributed by atoms with E-state index in [-0.39, 0.29) is 5.88 Å². The van der Waals surface area contributed by atoms with Gasteiger partial charge in [0, 0.05) is 6.07 Å². The maximum absolute atomic E-state index is 10.5. The first-order valence-electron chi connectivity index (χ1n) is 4.23. The van der Waals surface area contributed by atoms with Crippen molar-refractivity contribution in [2.24, 2.45) is 0 Å². The Kier molecular flexibility index (Phi) is 2.20. The number of hydrogen-bond acceptors (Lipinski definition) is 5. The molecule has 78 valence electrons. The fourth-order valence-corrected chi connectivity index (χ4v) is 1.01. The maximum atomic E-state index is 10.5. The van der Waals surface area contributed by atoms with Crippen LogP contribution in [0.2, 0.25) is 0 Å². The zero-order chi connectivity index (χ0) is 10.8. The van der Waals surface area contributed by atoms with Crippen molar-refractivity contribution in [1.29, 1.82) is 0 Å². The summed E-state index contributed by atoms with van der Waals surface area (Å²) >= 11 is 0. The molecule has 2 aromatic heterocycles. The number of aliphatic carboxylic acids is 1. The summed E-state index contributed by atoms with van der Waals surface area (Å²) in [4.78, 5) is 10.5. The van der Waals surface area contributed by atoms with Crippen LogP contribution in [0.3, 0.4) is 0 Å². The van der Waals surface area contributed by atoms with E-state index in [0.29, 0.717) is 5.65 Å². The van der Waals surface area contributed by atoms with Gasteiger partial charge < -0.3 is 9.84 Å². The third-order valence-electron chi connectivity index (χ3n) is 1.78. The van der Waals surface area contributed by atoms with Gasteiger partial charge in [-0.3, -0.25) is 0 Å². The SMILES string of the molecule is CC(Oc1ccc2nncn2n1)C(=O)O. The number of ether oxygens (including phenoxy) is 1. The number of carbonyl (C=O) groups is 1. The molecule has 0 radical (unpaired) electrons. The van der Waals surface area contributed by atoms with Gasteiger partial charge >= 0.3 is 5.97 Å². The predicted molar refractivity (Wildman–Crippen MR) is 48.5 cm³/mol. The van der Waals surface area contributed by atoms with Gasteiger partial charge in [-0.25, -0.2) is 4.79 Å². The number of nitrogens with zero attached hydrogens (tertiary/aromatic N) is 4. The molecule has 1 atom stereocenters. The topological polar surface area (TPSA) is 89.6 Å². The molecule has 1 N–H and O–H groups in total. The number of carboxylic acids is 1. The molecule has 7 heteroatoms. The quantitative estimate of drug-likeness (QED) is 0.762. The van der Waals surface area contributed by atoms with E-state index in [1.165, 1.54) is 17.8 Å². The number of hydrogen-bond donors (Lipinski definition) is 1. The smallest absolute Gasteiger partial charge is 0.344 e. The first-order valence-corrected chi connectivity index (χ1v) is 4.23. The monoisotopic (exact) mass is 208 g/mol. The summed E-state index contributed by atoms with van der Waals surface area (Å²) in [6.45, 7) is 1.43. The Bertz CT molecular complexity index is 495. The van der Waals surface area contributed by atoms with E-state index in [9.17, 15) is 4.79 Å². The number of fused-ring (bicyclic) bond motifs is 1. The minimum Gasteiger partial charge on any atom is -0.479 e. The van der Waals surface area contributed by atoms with Crippen molar-refractivity contribution in [3.05, 3.63) is 18.5 Å². The molecule has 0 bridgehead atoms. The summed E-state index contributed by atoms with van der Waals surface area (Å²) in [5, 5.41) is 20.0. The van der Waals surface area contributed by atoms with Crippen molar-refractivity contribution in [2.75, 3.05) is 0 Å². The van der Waals surface area contributed by atoms with Crippen LogP contribution in [-0.4, -0.2) is 37.0 Å². The lowest BCUT2D eigenvalue weighted by Crippen LogP contribution is -2.23. The first kappa shape index (κ1) is 9.38. The Morgan fingerprint density at radius 2 is 2.40 bits per heavy atom. The first-order chi connectivity index (χ1) is 7.16. The lowest BCUT2D eigenvalue weighted by Gasteiger charge is -2.08. The summed E-state index contributed by atoms with van der Waals surface area (Å²) in [5.74, 6) is -0.821. The third-order valence-corrected chi connectivity index (χ3v) is 1.78. The molecule has 2 aromatic rings. The van der Waals surface area contributed by atoms with Gasteiger partial charge in [0.2, 0.25) is 5.88 Å². The summed E-state index contributed by atoms with van der Waals surface area (Å²) in [5.41, 5.74) is 0.574. The second-order valence-electron chi connectivity index (χ2n) is 2.90. The Balaban J connectivity index is 2.24. The van der Waals surface area contributed by atoms with Gasteiger partial charge in [0.25, 0.3) is 0 Å². The highest BCUT2D eigenvalue weighted by molar-refractivity contribution is 5.72. The van der Waals surface area contributed by atoms with Gasteiger partial charge in [-0.15, -0.1) is 15.3 Å². The van der Waals surface area contributed by atoms with Gasteiger partial charge in [0.05, 0.1) is 0 Å². The summed E-state index contributed by atoms with van der Waals surface area (Å²) in [6.07, 6.45) is 0.472. The molecule has 0 saturated heterocycles. The highest BCUT2D eigenvalue weighted by Crippen LogP contribution is 2.08. The molecule has 0 amide bonds. The van der Waals surface area contributed by atoms with Crippen LogP contribution in [0.4, 0.5) is 0 Å². The lowest BCUT2D eigenvalue weighted by molar-refractivity contribution is -0.144. The van der Waals surface area contributed by atoms with Crippen molar-refractivity contribution >= 4 is 11.6 Å². The van der Waals surface area contributed by atoms with Crippen LogP contribution in [0.15, 0.2) is 18.5 Å². The van der Waals surface area contributed by atoms with E-state index in [4.69, 9.17) is 9.84 Å². The minimum atomic E-state index is -1.04. The maximum Gasteiger partial charge on any atom is 0.344 e. The molecule has 2 heterocycles. The van der Waals surface area contributed by atoms with Gasteiger partial charge in [-0.2, -0.15) is 4.52 Å². The van der Waals surface area contributed by atoms with Gasteiger partial charge in [0.15, 0.2) is 11.8 Å². The fraction of sp³-hybridized carbons (Fsp3) is 0.250. The Morgan fingerprint density at radius 1 is 1.60 bits per heavy atom. The molecule has 2 rings (SSSR count). The standard InChI is InChI=1S/C8H8N4O3/c1-5(8(13)14)15-7-3-2-6-10-9-4-12(6)11-7/h2-5H,1H3,(H,13,14). The van der Waals surface area contributed by atoms with Gasteiger partial charge in [-0.05, 0) is 13.0 Å². The van der Waals surface area contributed by atoms with Crippen LogP contribution in [0.1, 0.15) is 6.92 Å². The number of carboxylic acid groups (broad SMARTS) is 1. The molecule has 1 unspecified atom stereocenters. The van der Waals surface area contributed by atoms with Crippen LogP contribution in [-0.2, 0) is 4.79 Å². The van der Waals surface area contributed by atoms with E-state index in [1.807, 2.05) is 0 Å². The molecule has 0 spiro atoms. The van der Waals surface area contributed by atoms with E-state index in [2.05, 4.69) is 15.3 Å². The summed E-state index contributed by atoms with van der Waals surface area (Å²) < 4.78 is 6.47. The predicted octanol–water partition coefficient (Wildman–Crippen LogP) is -0.0238. The van der Waals surface area contributed by atoms with Crippen molar-refractivity contribution in [3.8, 4) is 5.88 Å². The largest absolute Gasteiger partial charge is 0.479 e. The van der Waals surface area contributed by atoms with Crippen molar-refractivity contribution in [3.63, 3.8) is 0 Å². The molecule has 0 saturated carbocycles. The van der Waals surface area contributed by atoms with Crippen molar-refractivity contribution < 1.29 is 14.6 Å². The molecule has 0 aromatic carbocycles. The Morgan fingerprint density at radius 3 is 3.13 bits per heavy atom. The van der Waals surface area contributed by atoms with Crippen LogP contribution in [0.5, 0.6) is 5.88 Å². The highest BCUT2D eigenvalue weighted by Gasteiger charge is 2.13. The van der Waals surface area contributed by atoms with E-state index >= 15 is 0 Å². The van der Waals surface area contributed by atoms with Crippen LogP contribution < -0.4 is 4.74 Å². The Hall–Kier alpha value is -2.18. The van der Waals surface area contributed by atoms with Crippen LogP contribution in [0, 0.1) is 0 Å². The van der Waals surface area contributed by atoms with Crippen LogP contribution >= 0.6 is 0 Å². The third kappa shape index (κ3) is 1.85. The zero-order valence-electron chi connectivity index (χ0n) is 7.86. The molecule has 0 aliphatic carbocycles. The molecule has 15 heavy (non-hydrogen) atoms. The van der Waals surface area contributed by atoms with Crippen LogP contribution in [0.25, 0.3) is 5.65 Å². The Labute approximate surface area is 84.3 Å². The van der Waals surface area contributed by atoms with Crippen molar-refractivity contribution in [2.45, 2.75) is 13.0 Å².